The Morgan fingerprint density at radius 3 is 2.95 bits per heavy atom. The van der Waals surface area contributed by atoms with E-state index < -0.39 is 6.10 Å². The molecule has 1 aliphatic heterocycles. The van der Waals surface area contributed by atoms with Gasteiger partial charge in [0.1, 0.15) is 0 Å². The van der Waals surface area contributed by atoms with E-state index in [1.54, 1.807) is 6.07 Å². The van der Waals surface area contributed by atoms with Crippen LogP contribution in [0, 0.1) is 0 Å². The number of hydrogen-bond donors (Lipinski definition) is 2. The lowest BCUT2D eigenvalue weighted by Crippen LogP contribution is -2.33. The smallest absolute Gasteiger partial charge is 0.0816 e. The molecule has 3 nitrogen and oxygen atoms in total. The van der Waals surface area contributed by atoms with Gasteiger partial charge in [0, 0.05) is 22.1 Å². The molecule has 1 aliphatic rings. The zero-order valence-corrected chi connectivity index (χ0v) is 13.1. The molecule has 2 atom stereocenters. The van der Waals surface area contributed by atoms with Gasteiger partial charge >= 0.3 is 0 Å². The molecule has 1 fully saturated rings. The van der Waals surface area contributed by atoms with Crippen LogP contribution in [-0.2, 0) is 0 Å². The Labute approximate surface area is 127 Å². The quantitative estimate of drug-likeness (QED) is 0.860. The molecule has 1 aromatic rings. The van der Waals surface area contributed by atoms with Gasteiger partial charge in [-0.3, -0.25) is 4.90 Å². The molecule has 19 heavy (non-hydrogen) atoms. The summed E-state index contributed by atoms with van der Waals surface area (Å²) in [6.07, 6.45) is 2.25. The van der Waals surface area contributed by atoms with Gasteiger partial charge < -0.3 is 10.2 Å². The molecule has 0 spiro atoms. The molecule has 0 aromatic heterocycles. The van der Waals surface area contributed by atoms with Crippen LogP contribution in [-0.4, -0.2) is 40.9 Å². The highest BCUT2D eigenvalue weighted by molar-refractivity contribution is 9.10. The summed E-state index contributed by atoms with van der Waals surface area (Å²) < 4.78 is 0.910. The number of halogens is 2. The Balaban J connectivity index is 1.92. The van der Waals surface area contributed by atoms with Crippen LogP contribution in [0.4, 0.5) is 0 Å². The molecule has 0 radical (unpaired) electrons. The number of aliphatic hydroxyl groups excluding tert-OH is 2. The second-order valence-corrected chi connectivity index (χ2v) is 6.31. The molecule has 106 valence electrons. The minimum atomic E-state index is -0.555. The van der Waals surface area contributed by atoms with Crippen LogP contribution in [0.15, 0.2) is 22.7 Å². The van der Waals surface area contributed by atoms with Crippen molar-refractivity contribution in [3.63, 3.8) is 0 Å². The van der Waals surface area contributed by atoms with Crippen LogP contribution in [0.25, 0.3) is 0 Å². The number of benzene rings is 1. The van der Waals surface area contributed by atoms with Crippen LogP contribution in [0.3, 0.4) is 0 Å². The first-order valence-corrected chi connectivity index (χ1v) is 7.77. The summed E-state index contributed by atoms with van der Waals surface area (Å²) >= 11 is 9.49. The zero-order chi connectivity index (χ0) is 13.8. The largest absolute Gasteiger partial charge is 0.395 e. The molecule has 2 N–H and O–H groups in total. The van der Waals surface area contributed by atoms with Gasteiger partial charge in [0.2, 0.25) is 0 Å². The molecule has 1 heterocycles. The summed E-state index contributed by atoms with van der Waals surface area (Å²) in [5.41, 5.74) is 0.768. The van der Waals surface area contributed by atoms with Crippen molar-refractivity contribution in [2.24, 2.45) is 0 Å². The first-order valence-electron chi connectivity index (χ1n) is 6.59. The second kappa shape index (κ2) is 7.04. The Kier molecular flexibility index (Phi) is 5.66. The highest BCUT2D eigenvalue weighted by Gasteiger charge is 2.24. The molecular weight excluding hydrogens is 330 g/mol. The maximum atomic E-state index is 10.2. The molecule has 2 unspecified atom stereocenters. The van der Waals surface area contributed by atoms with Crippen molar-refractivity contribution in [2.45, 2.75) is 31.4 Å². The summed E-state index contributed by atoms with van der Waals surface area (Å²) in [7, 11) is 0. The predicted octanol–water partition coefficient (Wildman–Crippen LogP) is 2.98. The summed E-state index contributed by atoms with van der Waals surface area (Å²) in [5, 5.41) is 20.1. The monoisotopic (exact) mass is 347 g/mol. The van der Waals surface area contributed by atoms with Gasteiger partial charge in [-0.15, -0.1) is 0 Å². The molecule has 1 aromatic carbocycles. The van der Waals surface area contributed by atoms with Crippen LogP contribution in [0.1, 0.15) is 30.9 Å². The minimum absolute atomic E-state index is 0.204. The number of nitrogens with zero attached hydrogens (tertiary/aromatic N) is 1. The third kappa shape index (κ3) is 3.92. The maximum absolute atomic E-state index is 10.2. The van der Waals surface area contributed by atoms with Gasteiger partial charge in [-0.25, -0.2) is 0 Å². The van der Waals surface area contributed by atoms with E-state index in [1.807, 2.05) is 12.1 Å². The summed E-state index contributed by atoms with van der Waals surface area (Å²) in [5.74, 6) is 0. The van der Waals surface area contributed by atoms with E-state index in [1.165, 1.54) is 0 Å². The van der Waals surface area contributed by atoms with Gasteiger partial charge in [-0.1, -0.05) is 33.6 Å². The highest BCUT2D eigenvalue weighted by atomic mass is 79.9. The molecule has 0 aliphatic carbocycles. The predicted molar refractivity (Wildman–Crippen MR) is 80.4 cm³/mol. The number of aliphatic hydroxyl groups is 2. The van der Waals surface area contributed by atoms with Crippen molar-refractivity contribution < 1.29 is 10.2 Å². The Morgan fingerprint density at radius 2 is 2.26 bits per heavy atom. The first-order chi connectivity index (χ1) is 9.11. The summed E-state index contributed by atoms with van der Waals surface area (Å²) in [6, 6.07) is 5.79. The van der Waals surface area contributed by atoms with Crippen LogP contribution in [0.5, 0.6) is 0 Å². The molecule has 0 amide bonds. The minimum Gasteiger partial charge on any atom is -0.395 e. The second-order valence-electron chi connectivity index (χ2n) is 4.98. The van der Waals surface area contributed by atoms with Crippen LogP contribution in [0.2, 0.25) is 5.02 Å². The maximum Gasteiger partial charge on any atom is 0.0816 e. The number of rotatable bonds is 5. The third-order valence-electron chi connectivity index (χ3n) is 3.72. The number of likely N-dealkylation sites (tertiary alicyclic amines) is 1. The van der Waals surface area contributed by atoms with E-state index in [9.17, 15) is 10.2 Å². The average molecular weight is 349 g/mol. The highest BCUT2D eigenvalue weighted by Crippen LogP contribution is 2.29. The van der Waals surface area contributed by atoms with E-state index in [0.29, 0.717) is 11.4 Å². The fraction of sp³-hybridized carbons (Fsp3) is 0.571. The average Bonchev–Trinajstić information content (AvgIpc) is 2.83. The van der Waals surface area contributed by atoms with Crippen LogP contribution < -0.4 is 0 Å². The third-order valence-corrected chi connectivity index (χ3v) is 4.54. The van der Waals surface area contributed by atoms with Crippen molar-refractivity contribution in [1.29, 1.82) is 0 Å². The van der Waals surface area contributed by atoms with Crippen molar-refractivity contribution in [1.82, 2.24) is 4.90 Å². The zero-order valence-electron chi connectivity index (χ0n) is 10.7. The molecule has 2 rings (SSSR count). The van der Waals surface area contributed by atoms with E-state index in [4.69, 9.17) is 11.6 Å². The summed E-state index contributed by atoms with van der Waals surface area (Å²) in [4.78, 5) is 2.25. The Hall–Kier alpha value is -0.130. The molecular formula is C14H19BrClNO2. The Bertz CT molecular complexity index is 430. The van der Waals surface area contributed by atoms with Gasteiger partial charge in [-0.2, -0.15) is 0 Å². The first kappa shape index (κ1) is 15.3. The fourth-order valence-corrected chi connectivity index (χ4v) is 3.41. The fourth-order valence-electron chi connectivity index (χ4n) is 2.61. The van der Waals surface area contributed by atoms with Gasteiger partial charge in [0.25, 0.3) is 0 Å². The molecule has 0 saturated carbocycles. The van der Waals surface area contributed by atoms with E-state index in [0.717, 1.165) is 36.0 Å². The number of hydrogen-bond acceptors (Lipinski definition) is 3. The molecule has 1 saturated heterocycles. The van der Waals surface area contributed by atoms with Gasteiger partial charge in [-0.05, 0) is 43.5 Å². The summed E-state index contributed by atoms with van der Waals surface area (Å²) in [6.45, 7) is 2.00. The van der Waals surface area contributed by atoms with Crippen LogP contribution >= 0.6 is 27.5 Å². The van der Waals surface area contributed by atoms with Crippen molar-refractivity contribution in [3.05, 3.63) is 33.3 Å². The van der Waals surface area contributed by atoms with E-state index >= 15 is 0 Å². The van der Waals surface area contributed by atoms with Crippen molar-refractivity contribution in [3.8, 4) is 0 Å². The van der Waals surface area contributed by atoms with Crippen molar-refractivity contribution >= 4 is 27.5 Å². The molecule has 0 bridgehead atoms. The SMILES string of the molecule is OCC1CCCN1CCC(O)c1ccc(Br)cc1Cl. The van der Waals surface area contributed by atoms with E-state index in [2.05, 4.69) is 20.8 Å². The van der Waals surface area contributed by atoms with Crippen molar-refractivity contribution in [2.75, 3.05) is 19.7 Å². The molecule has 5 heteroatoms. The normalized spacial score (nSPS) is 21.8. The van der Waals surface area contributed by atoms with Gasteiger partial charge in [0.05, 0.1) is 12.7 Å². The lowest BCUT2D eigenvalue weighted by Gasteiger charge is -2.24. The van der Waals surface area contributed by atoms with E-state index in [-0.39, 0.29) is 12.6 Å². The lowest BCUT2D eigenvalue weighted by atomic mass is 10.1. The Morgan fingerprint density at radius 1 is 1.47 bits per heavy atom. The standard InChI is InChI=1S/C14H19BrClNO2/c15-10-3-4-12(13(16)8-10)14(19)5-7-17-6-1-2-11(17)9-18/h3-4,8,11,14,18-19H,1-2,5-7,9H2. The topological polar surface area (TPSA) is 43.7 Å². The lowest BCUT2D eigenvalue weighted by molar-refractivity contribution is 0.117. The van der Waals surface area contributed by atoms with Gasteiger partial charge in [0.15, 0.2) is 0 Å².